The van der Waals surface area contributed by atoms with Crippen molar-refractivity contribution in [3.05, 3.63) is 22.4 Å². The van der Waals surface area contributed by atoms with Crippen LogP contribution in [0.3, 0.4) is 0 Å². The van der Waals surface area contributed by atoms with Gasteiger partial charge in [-0.25, -0.2) is 0 Å². The summed E-state index contributed by atoms with van der Waals surface area (Å²) in [6, 6.07) is 1.92. The number of thiophene rings is 1. The van der Waals surface area contributed by atoms with Crippen LogP contribution in [0.2, 0.25) is 0 Å². The van der Waals surface area contributed by atoms with E-state index in [4.69, 9.17) is 4.74 Å². The van der Waals surface area contributed by atoms with Crippen LogP contribution in [0.15, 0.2) is 16.8 Å². The third-order valence-electron chi connectivity index (χ3n) is 2.46. The van der Waals surface area contributed by atoms with E-state index >= 15 is 0 Å². The number of amides is 1. The van der Waals surface area contributed by atoms with Crippen LogP contribution in [0.5, 0.6) is 0 Å². The van der Waals surface area contributed by atoms with Gasteiger partial charge in [0.1, 0.15) is 0 Å². The number of ether oxygens (including phenoxy) is 1. The molecule has 0 aliphatic carbocycles. The van der Waals surface area contributed by atoms with Crippen molar-refractivity contribution in [1.82, 2.24) is 5.32 Å². The molecule has 5 heteroatoms. The topological polar surface area (TPSA) is 58.6 Å². The minimum absolute atomic E-state index is 0.0684. The lowest BCUT2D eigenvalue weighted by atomic mass is 10.0. The molecule has 96 valence electrons. The molecular weight excluding hydrogens is 238 g/mol. The maximum absolute atomic E-state index is 11.6. The highest BCUT2D eigenvalue weighted by atomic mass is 32.1. The normalized spacial score (nSPS) is 14.3. The Morgan fingerprint density at radius 3 is 3.00 bits per heavy atom. The molecule has 1 aromatic rings. The van der Waals surface area contributed by atoms with Crippen LogP contribution in [-0.2, 0) is 16.0 Å². The van der Waals surface area contributed by atoms with Gasteiger partial charge in [0.2, 0.25) is 5.91 Å². The highest BCUT2D eigenvalue weighted by Crippen LogP contribution is 2.09. The van der Waals surface area contributed by atoms with E-state index in [1.807, 2.05) is 16.8 Å². The summed E-state index contributed by atoms with van der Waals surface area (Å²) in [5.74, 6) is -0.0684. The Morgan fingerprint density at radius 1 is 1.65 bits per heavy atom. The number of carbonyl (C=O) groups excluding carboxylic acids is 1. The quantitative estimate of drug-likeness (QED) is 0.771. The van der Waals surface area contributed by atoms with Crippen LogP contribution >= 0.6 is 11.3 Å². The number of rotatable bonds is 7. The molecule has 0 aliphatic rings. The fourth-order valence-corrected chi connectivity index (χ4v) is 2.01. The molecule has 1 amide bonds. The Balaban J connectivity index is 2.27. The van der Waals surface area contributed by atoms with Gasteiger partial charge in [0.15, 0.2) is 0 Å². The first-order chi connectivity index (χ1) is 8.03. The van der Waals surface area contributed by atoms with E-state index in [0.29, 0.717) is 19.4 Å². The van der Waals surface area contributed by atoms with Crippen LogP contribution < -0.4 is 5.32 Å². The summed E-state index contributed by atoms with van der Waals surface area (Å²) in [4.78, 5) is 11.6. The second-order valence-corrected chi connectivity index (χ2v) is 5.10. The van der Waals surface area contributed by atoms with Crippen LogP contribution in [0.4, 0.5) is 0 Å². The first-order valence-corrected chi connectivity index (χ1v) is 6.47. The van der Waals surface area contributed by atoms with Gasteiger partial charge in [-0.05, 0) is 29.3 Å². The molecule has 0 spiro atoms. The molecule has 1 rings (SSSR count). The fraction of sp³-hybridized carbons (Fsp3) is 0.583. The molecule has 1 heterocycles. The Labute approximate surface area is 106 Å². The zero-order valence-corrected chi connectivity index (χ0v) is 11.0. The second-order valence-electron chi connectivity index (χ2n) is 4.32. The number of nitrogens with one attached hydrogen (secondary N) is 1. The lowest BCUT2D eigenvalue weighted by molar-refractivity contribution is -0.121. The Kier molecular flexibility index (Phi) is 5.61. The van der Waals surface area contributed by atoms with Gasteiger partial charge in [-0.2, -0.15) is 11.3 Å². The molecule has 0 saturated carbocycles. The number of aliphatic hydroxyl groups is 1. The standard InChI is InChI=1S/C12H19NO3S/c1-12(15,4-5-16-2)9-13-11(14)7-10-3-6-17-8-10/h3,6,8,15H,4-5,7,9H2,1-2H3,(H,13,14). The number of methoxy groups -OCH3 is 1. The van der Waals surface area contributed by atoms with Crippen LogP contribution in [0.1, 0.15) is 18.9 Å². The first-order valence-electron chi connectivity index (χ1n) is 5.52. The maximum atomic E-state index is 11.6. The molecule has 1 aromatic heterocycles. The average molecular weight is 257 g/mol. The number of carbonyl (C=O) groups is 1. The third kappa shape index (κ3) is 5.81. The van der Waals surface area contributed by atoms with Gasteiger partial charge >= 0.3 is 0 Å². The van der Waals surface area contributed by atoms with Crippen molar-refractivity contribution in [2.45, 2.75) is 25.4 Å². The molecular formula is C12H19NO3S. The van der Waals surface area contributed by atoms with Crippen molar-refractivity contribution < 1.29 is 14.6 Å². The summed E-state index contributed by atoms with van der Waals surface area (Å²) in [5.41, 5.74) is 0.0874. The summed E-state index contributed by atoms with van der Waals surface area (Å²) in [6.07, 6.45) is 0.867. The van der Waals surface area contributed by atoms with E-state index in [2.05, 4.69) is 5.32 Å². The lowest BCUT2D eigenvalue weighted by Crippen LogP contribution is -2.41. The van der Waals surface area contributed by atoms with Gasteiger partial charge in [0.05, 0.1) is 12.0 Å². The highest BCUT2D eigenvalue weighted by molar-refractivity contribution is 7.07. The molecule has 0 aromatic carbocycles. The van der Waals surface area contributed by atoms with Gasteiger partial charge < -0.3 is 15.2 Å². The van der Waals surface area contributed by atoms with Crippen molar-refractivity contribution in [3.63, 3.8) is 0 Å². The molecule has 0 saturated heterocycles. The molecule has 0 radical (unpaired) electrons. The van der Waals surface area contributed by atoms with Crippen molar-refractivity contribution in [2.75, 3.05) is 20.3 Å². The Bertz CT molecular complexity index is 336. The summed E-state index contributed by atoms with van der Waals surface area (Å²) in [6.45, 7) is 2.42. The summed E-state index contributed by atoms with van der Waals surface area (Å²) >= 11 is 1.57. The largest absolute Gasteiger partial charge is 0.388 e. The molecule has 1 unspecified atom stereocenters. The monoisotopic (exact) mass is 257 g/mol. The molecule has 17 heavy (non-hydrogen) atoms. The zero-order valence-electron chi connectivity index (χ0n) is 10.2. The van der Waals surface area contributed by atoms with E-state index in [9.17, 15) is 9.90 Å². The van der Waals surface area contributed by atoms with Gasteiger partial charge in [0, 0.05) is 26.7 Å². The molecule has 2 N–H and O–H groups in total. The smallest absolute Gasteiger partial charge is 0.224 e. The van der Waals surface area contributed by atoms with E-state index in [1.54, 1.807) is 25.4 Å². The summed E-state index contributed by atoms with van der Waals surface area (Å²) in [7, 11) is 1.59. The van der Waals surface area contributed by atoms with E-state index in [0.717, 1.165) is 5.56 Å². The summed E-state index contributed by atoms with van der Waals surface area (Å²) < 4.78 is 4.90. The lowest BCUT2D eigenvalue weighted by Gasteiger charge is -2.23. The van der Waals surface area contributed by atoms with Crippen molar-refractivity contribution in [1.29, 1.82) is 0 Å². The highest BCUT2D eigenvalue weighted by Gasteiger charge is 2.20. The van der Waals surface area contributed by atoms with E-state index < -0.39 is 5.60 Å². The van der Waals surface area contributed by atoms with Gasteiger partial charge in [-0.15, -0.1) is 0 Å². The van der Waals surface area contributed by atoms with Crippen molar-refractivity contribution >= 4 is 17.2 Å². The Hall–Kier alpha value is -0.910. The van der Waals surface area contributed by atoms with Crippen molar-refractivity contribution in [2.24, 2.45) is 0 Å². The second kappa shape index (κ2) is 6.74. The van der Waals surface area contributed by atoms with Crippen LogP contribution in [0.25, 0.3) is 0 Å². The third-order valence-corrected chi connectivity index (χ3v) is 3.19. The van der Waals surface area contributed by atoms with Gasteiger partial charge in [-0.1, -0.05) is 0 Å². The minimum Gasteiger partial charge on any atom is -0.388 e. The average Bonchev–Trinajstić information content (AvgIpc) is 2.77. The Morgan fingerprint density at radius 2 is 2.41 bits per heavy atom. The maximum Gasteiger partial charge on any atom is 0.224 e. The predicted octanol–water partition coefficient (Wildman–Crippen LogP) is 1.19. The van der Waals surface area contributed by atoms with E-state index in [-0.39, 0.29) is 12.5 Å². The number of hydrogen-bond donors (Lipinski definition) is 2. The fourth-order valence-electron chi connectivity index (χ4n) is 1.34. The molecule has 0 aliphatic heterocycles. The molecule has 0 bridgehead atoms. The van der Waals surface area contributed by atoms with Gasteiger partial charge in [0.25, 0.3) is 0 Å². The minimum atomic E-state index is -0.916. The predicted molar refractivity (Wildman–Crippen MR) is 68.1 cm³/mol. The molecule has 1 atom stereocenters. The molecule has 0 fully saturated rings. The number of hydrogen-bond acceptors (Lipinski definition) is 4. The summed E-state index contributed by atoms with van der Waals surface area (Å²) in [5, 5.41) is 16.5. The van der Waals surface area contributed by atoms with Crippen molar-refractivity contribution in [3.8, 4) is 0 Å². The SMILES string of the molecule is COCCC(C)(O)CNC(=O)Cc1ccsc1. The first kappa shape index (κ1) is 14.2. The van der Waals surface area contributed by atoms with Crippen LogP contribution in [0, 0.1) is 0 Å². The van der Waals surface area contributed by atoms with E-state index in [1.165, 1.54) is 0 Å². The zero-order chi connectivity index (χ0) is 12.7. The van der Waals surface area contributed by atoms with Gasteiger partial charge in [-0.3, -0.25) is 4.79 Å². The molecule has 4 nitrogen and oxygen atoms in total. The van der Waals surface area contributed by atoms with Crippen LogP contribution in [-0.4, -0.2) is 36.9 Å².